The predicted octanol–water partition coefficient (Wildman–Crippen LogP) is 0.901. The van der Waals surface area contributed by atoms with Gasteiger partial charge in [-0.3, -0.25) is 15.0 Å². The first kappa shape index (κ1) is 11.0. The average molecular weight is 220 g/mol. The Bertz CT molecular complexity index is 335. The molecule has 0 aliphatic carbocycles. The number of aromatic nitrogens is 2. The van der Waals surface area contributed by atoms with Crippen LogP contribution in [0, 0.1) is 0 Å². The van der Waals surface area contributed by atoms with Crippen LogP contribution < -0.4 is 5.32 Å². The van der Waals surface area contributed by atoms with Crippen molar-refractivity contribution in [3.8, 4) is 0 Å². The molecule has 0 saturated carbocycles. The molecule has 2 rings (SSSR count). The molecule has 16 heavy (non-hydrogen) atoms. The fourth-order valence-electron chi connectivity index (χ4n) is 1.85. The number of rotatable bonds is 3. The molecule has 0 spiro atoms. The van der Waals surface area contributed by atoms with Crippen molar-refractivity contribution < 1.29 is 4.79 Å². The quantitative estimate of drug-likeness (QED) is 0.822. The summed E-state index contributed by atoms with van der Waals surface area (Å²) in [6, 6.07) is 1.72. The maximum Gasteiger partial charge on any atom is 0.240 e. The number of nitrogens with zero attached hydrogens (tertiary/aromatic N) is 3. The summed E-state index contributed by atoms with van der Waals surface area (Å²) in [6.45, 7) is 2.48. The largest absolute Gasteiger partial charge is 0.295 e. The van der Waals surface area contributed by atoms with E-state index in [4.69, 9.17) is 0 Å². The van der Waals surface area contributed by atoms with Gasteiger partial charge in [-0.15, -0.1) is 0 Å². The van der Waals surface area contributed by atoms with E-state index in [0.717, 1.165) is 13.1 Å². The number of likely N-dealkylation sites (tertiary alicyclic amines) is 1. The van der Waals surface area contributed by atoms with E-state index in [9.17, 15) is 4.79 Å². The minimum Gasteiger partial charge on any atom is -0.295 e. The van der Waals surface area contributed by atoms with Crippen LogP contribution >= 0.6 is 0 Å². The van der Waals surface area contributed by atoms with Gasteiger partial charge in [-0.25, -0.2) is 9.97 Å². The van der Waals surface area contributed by atoms with Gasteiger partial charge >= 0.3 is 0 Å². The molecule has 1 aliphatic rings. The predicted molar refractivity (Wildman–Crippen MR) is 61.0 cm³/mol. The summed E-state index contributed by atoms with van der Waals surface area (Å²) in [5, 5.41) is 2.69. The molecule has 5 nitrogen and oxygen atoms in total. The molecule has 0 aromatic carbocycles. The number of piperidine rings is 1. The Hall–Kier alpha value is -1.49. The number of carbonyl (C=O) groups excluding carboxylic acids is 1. The highest BCUT2D eigenvalue weighted by molar-refractivity contribution is 5.90. The van der Waals surface area contributed by atoms with Gasteiger partial charge in [0.2, 0.25) is 11.9 Å². The smallest absolute Gasteiger partial charge is 0.240 e. The van der Waals surface area contributed by atoms with E-state index in [1.54, 1.807) is 18.5 Å². The Balaban J connectivity index is 1.80. The van der Waals surface area contributed by atoms with Gasteiger partial charge in [0, 0.05) is 12.4 Å². The van der Waals surface area contributed by atoms with Crippen LogP contribution in [-0.4, -0.2) is 40.4 Å². The Kier molecular flexibility index (Phi) is 3.82. The molecule has 86 valence electrons. The van der Waals surface area contributed by atoms with Gasteiger partial charge in [0.05, 0.1) is 6.54 Å². The van der Waals surface area contributed by atoms with Gasteiger partial charge in [-0.2, -0.15) is 0 Å². The molecule has 0 unspecified atom stereocenters. The summed E-state index contributed by atoms with van der Waals surface area (Å²) < 4.78 is 0. The van der Waals surface area contributed by atoms with Crippen molar-refractivity contribution in [2.75, 3.05) is 25.0 Å². The third-order valence-corrected chi connectivity index (χ3v) is 2.63. The fourth-order valence-corrected chi connectivity index (χ4v) is 1.85. The van der Waals surface area contributed by atoms with Crippen LogP contribution in [0.2, 0.25) is 0 Å². The molecular formula is C11H16N4O. The molecule has 1 amide bonds. The molecule has 1 N–H and O–H groups in total. The van der Waals surface area contributed by atoms with Gasteiger partial charge in [0.15, 0.2) is 0 Å². The fraction of sp³-hybridized carbons (Fsp3) is 0.545. The zero-order valence-electron chi connectivity index (χ0n) is 9.22. The van der Waals surface area contributed by atoms with Crippen LogP contribution in [-0.2, 0) is 4.79 Å². The van der Waals surface area contributed by atoms with E-state index in [1.807, 2.05) is 0 Å². The number of amides is 1. The topological polar surface area (TPSA) is 58.1 Å². The summed E-state index contributed by atoms with van der Waals surface area (Å²) in [5.41, 5.74) is 0. The minimum atomic E-state index is -0.0342. The standard InChI is InChI=1S/C11H16N4O/c16-10(9-15-7-2-1-3-8-15)14-11-12-5-4-6-13-11/h4-6H,1-3,7-9H2,(H,12,13,14,16). The Morgan fingerprint density at radius 1 is 1.25 bits per heavy atom. The maximum absolute atomic E-state index is 11.6. The van der Waals surface area contributed by atoms with Crippen LogP contribution in [0.4, 0.5) is 5.95 Å². The first-order valence-electron chi connectivity index (χ1n) is 5.64. The van der Waals surface area contributed by atoms with Gasteiger partial charge in [0.25, 0.3) is 0 Å². The van der Waals surface area contributed by atoms with E-state index in [0.29, 0.717) is 12.5 Å². The first-order valence-corrected chi connectivity index (χ1v) is 5.64. The van der Waals surface area contributed by atoms with Gasteiger partial charge in [-0.1, -0.05) is 6.42 Å². The second-order valence-corrected chi connectivity index (χ2v) is 3.96. The number of hydrogen-bond acceptors (Lipinski definition) is 4. The normalized spacial score (nSPS) is 17.0. The number of carbonyl (C=O) groups is 1. The van der Waals surface area contributed by atoms with Crippen molar-refractivity contribution in [1.29, 1.82) is 0 Å². The van der Waals surface area contributed by atoms with Gasteiger partial charge < -0.3 is 0 Å². The number of nitrogens with one attached hydrogen (secondary N) is 1. The van der Waals surface area contributed by atoms with Gasteiger partial charge in [-0.05, 0) is 32.0 Å². The molecule has 1 aromatic rings. The molecule has 0 bridgehead atoms. The lowest BCUT2D eigenvalue weighted by molar-refractivity contribution is -0.117. The first-order chi connectivity index (χ1) is 7.84. The summed E-state index contributed by atoms with van der Waals surface area (Å²) >= 11 is 0. The second kappa shape index (κ2) is 5.55. The molecule has 1 aliphatic heterocycles. The van der Waals surface area contributed by atoms with Crippen LogP contribution in [0.1, 0.15) is 19.3 Å². The van der Waals surface area contributed by atoms with Crippen molar-refractivity contribution in [2.24, 2.45) is 0 Å². The van der Waals surface area contributed by atoms with Crippen LogP contribution in [0.5, 0.6) is 0 Å². The molecule has 5 heteroatoms. The van der Waals surface area contributed by atoms with Crippen molar-refractivity contribution in [1.82, 2.24) is 14.9 Å². The second-order valence-electron chi connectivity index (χ2n) is 3.96. The third-order valence-electron chi connectivity index (χ3n) is 2.63. The SMILES string of the molecule is O=C(CN1CCCCC1)Nc1ncccn1. The van der Waals surface area contributed by atoms with E-state index in [-0.39, 0.29) is 5.91 Å². The molecule has 1 aromatic heterocycles. The lowest BCUT2D eigenvalue weighted by atomic mass is 10.1. The van der Waals surface area contributed by atoms with E-state index >= 15 is 0 Å². The zero-order chi connectivity index (χ0) is 11.2. The van der Waals surface area contributed by atoms with Crippen molar-refractivity contribution in [2.45, 2.75) is 19.3 Å². The average Bonchev–Trinajstić information content (AvgIpc) is 2.31. The third kappa shape index (κ3) is 3.27. The number of hydrogen-bond donors (Lipinski definition) is 1. The summed E-state index contributed by atoms with van der Waals surface area (Å²) in [4.78, 5) is 21.7. The van der Waals surface area contributed by atoms with Crippen molar-refractivity contribution >= 4 is 11.9 Å². The Morgan fingerprint density at radius 3 is 2.62 bits per heavy atom. The minimum absolute atomic E-state index is 0.0342. The van der Waals surface area contributed by atoms with Crippen molar-refractivity contribution in [3.63, 3.8) is 0 Å². The lowest BCUT2D eigenvalue weighted by Crippen LogP contribution is -2.37. The van der Waals surface area contributed by atoms with Crippen LogP contribution in [0.3, 0.4) is 0 Å². The monoisotopic (exact) mass is 220 g/mol. The molecule has 0 radical (unpaired) electrons. The highest BCUT2D eigenvalue weighted by Gasteiger charge is 2.14. The Labute approximate surface area is 94.9 Å². The van der Waals surface area contributed by atoms with Gasteiger partial charge in [0.1, 0.15) is 0 Å². The van der Waals surface area contributed by atoms with Crippen LogP contribution in [0.15, 0.2) is 18.5 Å². The summed E-state index contributed by atoms with van der Waals surface area (Å²) in [5.74, 6) is 0.345. The van der Waals surface area contributed by atoms with Crippen LogP contribution in [0.25, 0.3) is 0 Å². The summed E-state index contributed by atoms with van der Waals surface area (Å²) in [6.07, 6.45) is 6.89. The highest BCUT2D eigenvalue weighted by atomic mass is 16.2. The highest BCUT2D eigenvalue weighted by Crippen LogP contribution is 2.08. The maximum atomic E-state index is 11.6. The summed E-state index contributed by atoms with van der Waals surface area (Å²) in [7, 11) is 0. The van der Waals surface area contributed by atoms with E-state index < -0.39 is 0 Å². The Morgan fingerprint density at radius 2 is 1.94 bits per heavy atom. The zero-order valence-corrected chi connectivity index (χ0v) is 9.22. The molecule has 1 fully saturated rings. The number of anilines is 1. The molecule has 1 saturated heterocycles. The molecular weight excluding hydrogens is 204 g/mol. The molecule has 2 heterocycles. The lowest BCUT2D eigenvalue weighted by Gasteiger charge is -2.25. The van der Waals surface area contributed by atoms with E-state index in [1.165, 1.54) is 19.3 Å². The molecule has 0 atom stereocenters. The van der Waals surface area contributed by atoms with E-state index in [2.05, 4.69) is 20.2 Å². The van der Waals surface area contributed by atoms with Crippen molar-refractivity contribution in [3.05, 3.63) is 18.5 Å².